The molecule has 0 spiro atoms. The number of anilines is 1. The van der Waals surface area contributed by atoms with E-state index in [9.17, 15) is 17.6 Å². The minimum atomic E-state index is -4.53. The molecule has 3 heterocycles. The quantitative estimate of drug-likeness (QED) is 0.320. The lowest BCUT2D eigenvalue weighted by Crippen LogP contribution is -2.45. The number of ether oxygens (including phenoxy) is 1. The summed E-state index contributed by atoms with van der Waals surface area (Å²) in [6, 6.07) is 5.07. The molecule has 0 bridgehead atoms. The second-order valence-electron chi connectivity index (χ2n) is 6.59. The first-order valence-corrected chi connectivity index (χ1v) is 9.36. The summed E-state index contributed by atoms with van der Waals surface area (Å²) in [6.07, 6.45) is -0.980. The molecule has 0 radical (unpaired) electrons. The van der Waals surface area contributed by atoms with Crippen molar-refractivity contribution in [2.75, 3.05) is 38.2 Å². The highest BCUT2D eigenvalue weighted by molar-refractivity contribution is 5.80. The molecule has 1 aliphatic rings. The zero-order valence-corrected chi connectivity index (χ0v) is 16.3. The maximum absolute atomic E-state index is 13.9. The summed E-state index contributed by atoms with van der Waals surface area (Å²) in [5.41, 5.74) is -0.916. The van der Waals surface area contributed by atoms with Crippen LogP contribution in [0.4, 0.5) is 23.4 Å². The zero-order chi connectivity index (χ0) is 21.6. The van der Waals surface area contributed by atoms with E-state index in [1.807, 2.05) is 4.90 Å². The molecule has 11 heteroatoms. The van der Waals surface area contributed by atoms with Gasteiger partial charge in [-0.15, -0.1) is 0 Å². The van der Waals surface area contributed by atoms with Gasteiger partial charge in [0.15, 0.2) is 17.6 Å². The highest BCUT2D eigenvalue weighted by atomic mass is 19.4. The number of rotatable bonds is 6. The molecule has 0 amide bonds. The smallest absolute Gasteiger partial charge is 0.421 e. The molecule has 0 saturated carbocycles. The largest absolute Gasteiger partial charge is 0.475 e. The Morgan fingerprint density at radius 1 is 1.27 bits per heavy atom. The Balaban J connectivity index is 1.46. The van der Waals surface area contributed by atoms with Crippen LogP contribution in [0.25, 0.3) is 0 Å². The molecule has 7 nitrogen and oxygen atoms in total. The molecule has 0 aromatic carbocycles. The Morgan fingerprint density at radius 3 is 2.77 bits per heavy atom. The summed E-state index contributed by atoms with van der Waals surface area (Å²) in [5, 5.41) is 6.20. The van der Waals surface area contributed by atoms with Crippen molar-refractivity contribution < 1.29 is 22.3 Å². The van der Waals surface area contributed by atoms with Gasteiger partial charge in [0.2, 0.25) is 5.88 Å². The first kappa shape index (κ1) is 21.6. The third-order valence-electron chi connectivity index (χ3n) is 4.50. The van der Waals surface area contributed by atoms with Crippen LogP contribution in [0.5, 0.6) is 5.88 Å². The van der Waals surface area contributed by atoms with E-state index in [-0.39, 0.29) is 25.0 Å². The average molecular weight is 426 g/mol. The van der Waals surface area contributed by atoms with E-state index in [1.165, 1.54) is 18.3 Å². The molecule has 1 fully saturated rings. The lowest BCUT2D eigenvalue weighted by molar-refractivity contribution is -0.139. The molecule has 3 rings (SSSR count). The molecular formula is C19H22F4N6O. The summed E-state index contributed by atoms with van der Waals surface area (Å²) < 4.78 is 57.9. The minimum absolute atomic E-state index is 0.0196. The second kappa shape index (κ2) is 9.59. The van der Waals surface area contributed by atoms with E-state index >= 15 is 0 Å². The van der Waals surface area contributed by atoms with Crippen molar-refractivity contribution in [3.63, 3.8) is 0 Å². The maximum atomic E-state index is 13.9. The molecule has 0 aliphatic carbocycles. The van der Waals surface area contributed by atoms with Gasteiger partial charge in [-0.1, -0.05) is 0 Å². The van der Waals surface area contributed by atoms with E-state index in [2.05, 4.69) is 25.6 Å². The van der Waals surface area contributed by atoms with Gasteiger partial charge in [0.25, 0.3) is 0 Å². The fourth-order valence-electron chi connectivity index (χ4n) is 3.11. The zero-order valence-electron chi connectivity index (χ0n) is 16.3. The molecular weight excluding hydrogens is 404 g/mol. The van der Waals surface area contributed by atoms with Gasteiger partial charge in [0.05, 0.1) is 6.54 Å². The molecule has 1 atom stereocenters. The van der Waals surface area contributed by atoms with Crippen LogP contribution >= 0.6 is 0 Å². The van der Waals surface area contributed by atoms with E-state index in [4.69, 9.17) is 4.74 Å². The van der Waals surface area contributed by atoms with Crippen LogP contribution in [-0.4, -0.2) is 55.3 Å². The van der Waals surface area contributed by atoms with Crippen LogP contribution in [0.15, 0.2) is 41.7 Å². The van der Waals surface area contributed by atoms with Crippen LogP contribution in [0.2, 0.25) is 0 Å². The molecule has 1 aliphatic heterocycles. The molecule has 30 heavy (non-hydrogen) atoms. The summed E-state index contributed by atoms with van der Waals surface area (Å²) in [5.74, 6) is -0.0397. The van der Waals surface area contributed by atoms with Gasteiger partial charge in [-0.05, 0) is 30.7 Å². The number of pyridine rings is 2. The number of hydrogen-bond donors (Lipinski definition) is 2. The summed E-state index contributed by atoms with van der Waals surface area (Å²) >= 11 is 0. The summed E-state index contributed by atoms with van der Waals surface area (Å²) in [6.45, 7) is 1.38. The van der Waals surface area contributed by atoms with E-state index in [0.717, 1.165) is 12.5 Å². The molecule has 1 unspecified atom stereocenters. The first-order valence-electron chi connectivity index (χ1n) is 9.36. The highest BCUT2D eigenvalue weighted by Crippen LogP contribution is 2.34. The SMILES string of the molecule is CN=C(NCCOc1ncccc1C(F)(F)F)NC1CCN(c2ncccc2F)C1. The molecule has 1 saturated heterocycles. The Kier molecular flexibility index (Phi) is 6.91. The molecule has 2 aromatic rings. The topological polar surface area (TPSA) is 74.7 Å². The van der Waals surface area contributed by atoms with Crippen molar-refractivity contribution >= 4 is 11.8 Å². The first-order chi connectivity index (χ1) is 14.4. The molecule has 2 aromatic heterocycles. The van der Waals surface area contributed by atoms with E-state index < -0.39 is 17.6 Å². The number of nitrogens with one attached hydrogen (secondary N) is 2. The van der Waals surface area contributed by atoms with Crippen LogP contribution < -0.4 is 20.3 Å². The van der Waals surface area contributed by atoms with Gasteiger partial charge >= 0.3 is 6.18 Å². The van der Waals surface area contributed by atoms with Crippen LogP contribution in [0.1, 0.15) is 12.0 Å². The standard InChI is InChI=1S/C19H22F4N6O/c1-24-18(27-9-11-30-17-14(19(21,22)23)4-2-8-26-17)28-13-6-10-29(12-13)16-15(20)5-3-7-25-16/h2-5,7-8,13H,6,9-12H2,1H3,(H2,24,27,28). The predicted octanol–water partition coefficient (Wildman–Crippen LogP) is 2.46. The van der Waals surface area contributed by atoms with Crippen molar-refractivity contribution in [3.8, 4) is 5.88 Å². The number of nitrogens with zero attached hydrogens (tertiary/aromatic N) is 4. The number of alkyl halides is 3. The van der Waals surface area contributed by atoms with Gasteiger partial charge in [-0.25, -0.2) is 14.4 Å². The lowest BCUT2D eigenvalue weighted by atomic mass is 10.2. The number of aliphatic imine (C=N–C) groups is 1. The minimum Gasteiger partial charge on any atom is -0.475 e. The van der Waals surface area contributed by atoms with Crippen molar-refractivity contribution in [1.29, 1.82) is 0 Å². The van der Waals surface area contributed by atoms with Crippen LogP contribution in [0.3, 0.4) is 0 Å². The Hall–Kier alpha value is -3.11. The Bertz CT molecular complexity index is 876. The number of guanidine groups is 1. The fraction of sp³-hybridized carbons (Fsp3) is 0.421. The lowest BCUT2D eigenvalue weighted by Gasteiger charge is -2.20. The fourth-order valence-corrected chi connectivity index (χ4v) is 3.11. The van der Waals surface area contributed by atoms with Crippen LogP contribution in [-0.2, 0) is 6.18 Å². The molecule has 2 N–H and O–H groups in total. The number of hydrogen-bond acceptors (Lipinski definition) is 5. The van der Waals surface area contributed by atoms with Crippen molar-refractivity contribution in [2.45, 2.75) is 18.6 Å². The third kappa shape index (κ3) is 5.49. The van der Waals surface area contributed by atoms with Gasteiger partial charge in [-0.2, -0.15) is 13.2 Å². The van der Waals surface area contributed by atoms with Crippen molar-refractivity contribution in [3.05, 3.63) is 48.0 Å². The number of halogens is 4. The van der Waals surface area contributed by atoms with Gasteiger partial charge in [-0.3, -0.25) is 4.99 Å². The maximum Gasteiger partial charge on any atom is 0.421 e. The molecule has 162 valence electrons. The average Bonchev–Trinajstić information content (AvgIpc) is 3.18. The Morgan fingerprint density at radius 2 is 2.03 bits per heavy atom. The van der Waals surface area contributed by atoms with Gasteiger partial charge in [0.1, 0.15) is 12.2 Å². The van der Waals surface area contributed by atoms with Crippen molar-refractivity contribution in [2.24, 2.45) is 4.99 Å². The van der Waals surface area contributed by atoms with Gasteiger partial charge < -0.3 is 20.3 Å². The van der Waals surface area contributed by atoms with Crippen LogP contribution in [0, 0.1) is 5.82 Å². The summed E-state index contributed by atoms with van der Waals surface area (Å²) in [7, 11) is 1.59. The van der Waals surface area contributed by atoms with Crippen molar-refractivity contribution in [1.82, 2.24) is 20.6 Å². The monoisotopic (exact) mass is 426 g/mol. The second-order valence-corrected chi connectivity index (χ2v) is 6.59. The van der Waals surface area contributed by atoms with Gasteiger partial charge in [0, 0.05) is 38.6 Å². The predicted molar refractivity (Wildman–Crippen MR) is 104 cm³/mol. The highest BCUT2D eigenvalue weighted by Gasteiger charge is 2.35. The number of aromatic nitrogens is 2. The summed E-state index contributed by atoms with van der Waals surface area (Å²) in [4.78, 5) is 13.7. The van der Waals surface area contributed by atoms with E-state index in [0.29, 0.717) is 24.9 Å². The van der Waals surface area contributed by atoms with E-state index in [1.54, 1.807) is 19.3 Å². The Labute approximate surface area is 171 Å². The third-order valence-corrected chi connectivity index (χ3v) is 4.50. The normalized spacial score (nSPS) is 17.2.